The zero-order chi connectivity index (χ0) is 25.4. The predicted molar refractivity (Wildman–Crippen MR) is 146 cm³/mol. The van der Waals surface area contributed by atoms with Crippen LogP contribution < -0.4 is 0 Å². The van der Waals surface area contributed by atoms with E-state index < -0.39 is 12.2 Å². The molecule has 3 aromatic heterocycles. The highest BCUT2D eigenvalue weighted by Crippen LogP contribution is 2.51. The highest BCUT2D eigenvalue weighted by atomic mass is 32.1. The second kappa shape index (κ2) is 8.23. The summed E-state index contributed by atoms with van der Waals surface area (Å²) in [5.41, 5.74) is 7.85. The number of fused-ring (bicyclic) bond motifs is 6. The fraction of sp³-hybridized carbons (Fsp3) is 0.300. The van der Waals surface area contributed by atoms with Crippen LogP contribution in [0.15, 0.2) is 42.5 Å². The molecule has 5 aromatic rings. The number of benzene rings is 2. The molecule has 186 valence electrons. The highest BCUT2D eigenvalue weighted by Gasteiger charge is 2.36. The van der Waals surface area contributed by atoms with Crippen LogP contribution in [0.5, 0.6) is 0 Å². The molecule has 37 heavy (non-hydrogen) atoms. The van der Waals surface area contributed by atoms with Crippen LogP contribution >= 0.6 is 11.3 Å². The van der Waals surface area contributed by atoms with Gasteiger partial charge in [0.15, 0.2) is 6.23 Å². The Hall–Kier alpha value is -3.55. The van der Waals surface area contributed by atoms with Crippen molar-refractivity contribution in [2.45, 2.75) is 58.1 Å². The highest BCUT2D eigenvalue weighted by molar-refractivity contribution is 7.15. The molecule has 0 amide bonds. The molecule has 1 saturated carbocycles. The molecule has 2 aromatic carbocycles. The molecule has 2 aliphatic rings. The van der Waals surface area contributed by atoms with Crippen LogP contribution in [0, 0.1) is 13.8 Å². The average molecular weight is 510 g/mol. The predicted octanol–water partition coefficient (Wildman–Crippen LogP) is 7.20. The summed E-state index contributed by atoms with van der Waals surface area (Å²) in [6.45, 7) is 4.01. The van der Waals surface area contributed by atoms with Gasteiger partial charge in [-0.1, -0.05) is 31.4 Å². The van der Waals surface area contributed by atoms with E-state index in [0.717, 1.165) is 72.7 Å². The van der Waals surface area contributed by atoms with Crippen LogP contribution in [0.1, 0.15) is 76.4 Å². The Morgan fingerprint density at radius 3 is 2.57 bits per heavy atom. The fourth-order valence-electron chi connectivity index (χ4n) is 6.44. The topological polar surface area (TPSA) is 88.2 Å². The van der Waals surface area contributed by atoms with Crippen molar-refractivity contribution in [2.24, 2.45) is 0 Å². The smallest absolute Gasteiger partial charge is 0.335 e. The molecule has 7 heteroatoms. The molecule has 1 aliphatic carbocycles. The molecule has 1 fully saturated rings. The lowest BCUT2D eigenvalue weighted by atomic mass is 9.81. The van der Waals surface area contributed by atoms with Gasteiger partial charge in [0.1, 0.15) is 0 Å². The first kappa shape index (κ1) is 22.6. The van der Waals surface area contributed by atoms with Crippen molar-refractivity contribution in [1.29, 1.82) is 0 Å². The number of hydrogen-bond acceptors (Lipinski definition) is 5. The van der Waals surface area contributed by atoms with E-state index in [4.69, 9.17) is 4.98 Å². The number of aryl methyl sites for hydroxylation is 2. The third-order valence-corrected chi connectivity index (χ3v) is 9.17. The maximum absolute atomic E-state index is 11.8. The van der Waals surface area contributed by atoms with Gasteiger partial charge in [-0.3, -0.25) is 0 Å². The molecular weight excluding hydrogens is 482 g/mol. The minimum absolute atomic E-state index is 0.234. The number of aromatic carboxylic acids is 1. The number of pyridine rings is 1. The SMILES string of the molecule is Cc1nc(C)c(-c2ccc3cc4c(cc3n2)C(O)n2c-4c(C3CCCCC3)c3ccc(C(=O)O)cc32)s1. The van der Waals surface area contributed by atoms with Crippen LogP contribution in [-0.2, 0) is 0 Å². The Kier molecular flexibility index (Phi) is 5.03. The van der Waals surface area contributed by atoms with E-state index in [1.165, 1.54) is 24.8 Å². The lowest BCUT2D eigenvalue weighted by Crippen LogP contribution is -2.06. The van der Waals surface area contributed by atoms with Crippen molar-refractivity contribution in [3.05, 3.63) is 69.9 Å². The molecule has 0 spiro atoms. The molecule has 6 nitrogen and oxygen atoms in total. The minimum atomic E-state index is -0.960. The first-order chi connectivity index (χ1) is 17.9. The number of nitrogens with zero attached hydrogens (tertiary/aromatic N) is 3. The van der Waals surface area contributed by atoms with Gasteiger partial charge in [-0.25, -0.2) is 14.8 Å². The summed E-state index contributed by atoms with van der Waals surface area (Å²) in [5, 5.41) is 24.4. The van der Waals surface area contributed by atoms with Crippen LogP contribution in [0.4, 0.5) is 0 Å². The van der Waals surface area contributed by atoms with Gasteiger partial charge in [0.05, 0.1) is 43.6 Å². The molecule has 7 rings (SSSR count). The number of aliphatic hydroxyl groups excluding tert-OH is 1. The number of carboxylic acid groups (broad SMARTS) is 1. The first-order valence-corrected chi connectivity index (χ1v) is 13.7. The van der Waals surface area contributed by atoms with Crippen molar-refractivity contribution in [3.8, 4) is 21.8 Å². The molecule has 0 radical (unpaired) electrons. The summed E-state index contributed by atoms with van der Waals surface area (Å²) < 4.78 is 1.95. The van der Waals surface area contributed by atoms with Crippen molar-refractivity contribution in [2.75, 3.05) is 0 Å². The second-order valence-corrected chi connectivity index (χ2v) is 11.6. The quantitative estimate of drug-likeness (QED) is 0.269. The number of thiazole rings is 1. The van der Waals surface area contributed by atoms with E-state index in [1.54, 1.807) is 23.5 Å². The van der Waals surface area contributed by atoms with Gasteiger partial charge < -0.3 is 14.8 Å². The van der Waals surface area contributed by atoms with Gasteiger partial charge in [0, 0.05) is 21.9 Å². The molecule has 2 N–H and O–H groups in total. The maximum atomic E-state index is 11.8. The number of aromatic nitrogens is 3. The first-order valence-electron chi connectivity index (χ1n) is 12.9. The summed E-state index contributed by atoms with van der Waals surface area (Å²) in [6.07, 6.45) is 4.98. The third kappa shape index (κ3) is 3.37. The van der Waals surface area contributed by atoms with E-state index in [-0.39, 0.29) is 5.56 Å². The Labute approximate surface area is 218 Å². The minimum Gasteiger partial charge on any atom is -0.478 e. The molecule has 0 bridgehead atoms. The molecule has 1 unspecified atom stereocenters. The van der Waals surface area contributed by atoms with Gasteiger partial charge in [0.2, 0.25) is 0 Å². The van der Waals surface area contributed by atoms with Crippen LogP contribution in [0.3, 0.4) is 0 Å². The van der Waals surface area contributed by atoms with Gasteiger partial charge >= 0.3 is 5.97 Å². The summed E-state index contributed by atoms with van der Waals surface area (Å²) in [7, 11) is 0. The van der Waals surface area contributed by atoms with E-state index in [2.05, 4.69) is 23.2 Å². The van der Waals surface area contributed by atoms with Crippen LogP contribution in [0.25, 0.3) is 43.6 Å². The van der Waals surface area contributed by atoms with Crippen LogP contribution in [-0.4, -0.2) is 30.7 Å². The number of hydrogen-bond donors (Lipinski definition) is 2. The zero-order valence-electron chi connectivity index (χ0n) is 20.8. The summed E-state index contributed by atoms with van der Waals surface area (Å²) in [6, 6.07) is 13.7. The molecule has 1 aliphatic heterocycles. The second-order valence-electron chi connectivity index (χ2n) is 10.4. The van der Waals surface area contributed by atoms with E-state index in [9.17, 15) is 15.0 Å². The van der Waals surface area contributed by atoms with E-state index in [1.807, 2.05) is 30.5 Å². The fourth-order valence-corrected chi connectivity index (χ4v) is 7.33. The van der Waals surface area contributed by atoms with Gasteiger partial charge in [0.25, 0.3) is 0 Å². The normalized spacial score (nSPS) is 17.4. The van der Waals surface area contributed by atoms with Crippen LogP contribution in [0.2, 0.25) is 0 Å². The maximum Gasteiger partial charge on any atom is 0.335 e. The molecule has 1 atom stereocenters. The molecule has 0 saturated heterocycles. The molecular formula is C30H27N3O3S. The largest absolute Gasteiger partial charge is 0.478 e. The summed E-state index contributed by atoms with van der Waals surface area (Å²) >= 11 is 1.64. The Balaban J connectivity index is 1.46. The lowest BCUT2D eigenvalue weighted by molar-refractivity contribution is 0.0697. The molecule has 4 heterocycles. The van der Waals surface area contributed by atoms with Gasteiger partial charge in [-0.15, -0.1) is 11.3 Å². The average Bonchev–Trinajstić information content (AvgIpc) is 3.51. The summed E-state index contributed by atoms with van der Waals surface area (Å²) in [5.74, 6) is -0.562. The van der Waals surface area contributed by atoms with E-state index in [0.29, 0.717) is 5.92 Å². The van der Waals surface area contributed by atoms with Gasteiger partial charge in [-0.05, 0) is 68.5 Å². The van der Waals surface area contributed by atoms with Crippen molar-refractivity contribution in [1.82, 2.24) is 14.5 Å². The Bertz CT molecular complexity index is 1740. The number of aliphatic hydroxyl groups is 1. The number of rotatable bonds is 3. The Morgan fingerprint density at radius 1 is 1.03 bits per heavy atom. The monoisotopic (exact) mass is 509 g/mol. The van der Waals surface area contributed by atoms with E-state index >= 15 is 0 Å². The third-order valence-electron chi connectivity index (χ3n) is 8.08. The number of carboxylic acids is 1. The van der Waals surface area contributed by atoms with Crippen molar-refractivity contribution >= 4 is 39.1 Å². The lowest BCUT2D eigenvalue weighted by Gasteiger charge is -2.23. The van der Waals surface area contributed by atoms with Crippen molar-refractivity contribution in [3.63, 3.8) is 0 Å². The zero-order valence-corrected chi connectivity index (χ0v) is 21.6. The summed E-state index contributed by atoms with van der Waals surface area (Å²) in [4.78, 5) is 22.4. The van der Waals surface area contributed by atoms with Gasteiger partial charge in [-0.2, -0.15) is 0 Å². The van der Waals surface area contributed by atoms with Crippen molar-refractivity contribution < 1.29 is 15.0 Å². The number of carbonyl (C=O) groups is 1. The standard InChI is InChI=1S/C30H27N3O3S/c1-15-28(37-16(2)31-15)23-11-9-18-12-21-22(14-24(18)32-23)29(34)33-25-13-19(30(35)36)8-10-20(25)26(27(21)33)17-6-4-3-5-7-17/h8-14,17,29,34H,3-7H2,1-2H3,(H,35,36). The Morgan fingerprint density at radius 2 is 1.84 bits per heavy atom.